The Morgan fingerprint density at radius 2 is 1.92 bits per heavy atom. The smallest absolute Gasteiger partial charge is 0.252 e. The molecule has 0 aliphatic carbocycles. The van der Waals surface area contributed by atoms with E-state index in [1.807, 2.05) is 43.3 Å². The molecular formula is C20H25N3O3. The Balaban J connectivity index is 2.07. The minimum absolute atomic E-state index is 0.178. The van der Waals surface area contributed by atoms with Gasteiger partial charge in [0.2, 0.25) is 11.8 Å². The molecule has 0 spiro atoms. The van der Waals surface area contributed by atoms with Crippen LogP contribution in [0, 0.1) is 0 Å². The summed E-state index contributed by atoms with van der Waals surface area (Å²) in [5.74, 6) is -0.815. The summed E-state index contributed by atoms with van der Waals surface area (Å²) in [5, 5.41) is 5.33. The average molecular weight is 355 g/mol. The third kappa shape index (κ3) is 5.05. The Kier molecular flexibility index (Phi) is 6.72. The second kappa shape index (κ2) is 8.99. The van der Waals surface area contributed by atoms with E-state index in [2.05, 4.69) is 10.6 Å². The van der Waals surface area contributed by atoms with E-state index in [4.69, 9.17) is 0 Å². The molecule has 6 nitrogen and oxygen atoms in total. The highest BCUT2D eigenvalue weighted by Gasteiger charge is 2.25. The molecule has 1 aromatic rings. The van der Waals surface area contributed by atoms with Crippen LogP contribution >= 0.6 is 0 Å². The number of carbonyl (C=O) groups excluding carboxylic acids is 3. The number of amides is 3. The number of benzene rings is 1. The SMILES string of the molecule is CCCC(=O)NC(C)C(=O)N[C@H]1C=CC(c2ccccc2)=CN(C)C1=O. The Hall–Kier alpha value is -2.89. The fourth-order valence-corrected chi connectivity index (χ4v) is 2.61. The largest absolute Gasteiger partial charge is 0.345 e. The number of hydrogen-bond donors (Lipinski definition) is 2. The molecule has 1 aliphatic rings. The zero-order valence-corrected chi connectivity index (χ0v) is 15.4. The maximum absolute atomic E-state index is 12.5. The lowest BCUT2D eigenvalue weighted by Gasteiger charge is -2.21. The predicted molar refractivity (Wildman–Crippen MR) is 101 cm³/mol. The van der Waals surface area contributed by atoms with Crippen molar-refractivity contribution < 1.29 is 14.4 Å². The summed E-state index contributed by atoms with van der Waals surface area (Å²) in [6.45, 7) is 3.50. The van der Waals surface area contributed by atoms with Crippen molar-refractivity contribution in [3.63, 3.8) is 0 Å². The van der Waals surface area contributed by atoms with Gasteiger partial charge in [-0.2, -0.15) is 0 Å². The van der Waals surface area contributed by atoms with Gasteiger partial charge in [-0.05, 0) is 24.5 Å². The molecule has 1 heterocycles. The number of likely N-dealkylation sites (N-methyl/N-ethyl adjacent to an activating group) is 1. The monoisotopic (exact) mass is 355 g/mol. The van der Waals surface area contributed by atoms with Gasteiger partial charge < -0.3 is 15.5 Å². The van der Waals surface area contributed by atoms with Crippen molar-refractivity contribution in [1.29, 1.82) is 0 Å². The number of nitrogens with one attached hydrogen (secondary N) is 2. The quantitative estimate of drug-likeness (QED) is 0.817. The molecule has 26 heavy (non-hydrogen) atoms. The first kappa shape index (κ1) is 19.4. The van der Waals surface area contributed by atoms with Gasteiger partial charge in [-0.15, -0.1) is 0 Å². The van der Waals surface area contributed by atoms with Gasteiger partial charge in [-0.25, -0.2) is 0 Å². The van der Waals surface area contributed by atoms with Gasteiger partial charge in [0.25, 0.3) is 5.91 Å². The van der Waals surface area contributed by atoms with Crippen LogP contribution in [0.5, 0.6) is 0 Å². The highest BCUT2D eigenvalue weighted by Crippen LogP contribution is 2.19. The van der Waals surface area contributed by atoms with E-state index in [1.54, 1.807) is 26.2 Å². The van der Waals surface area contributed by atoms with E-state index >= 15 is 0 Å². The minimum Gasteiger partial charge on any atom is -0.345 e. The van der Waals surface area contributed by atoms with Crippen LogP contribution in [0.15, 0.2) is 48.7 Å². The van der Waals surface area contributed by atoms with Crippen LogP contribution < -0.4 is 10.6 Å². The van der Waals surface area contributed by atoms with Crippen LogP contribution in [0.25, 0.3) is 5.57 Å². The Bertz CT molecular complexity index is 725. The molecule has 2 rings (SSSR count). The molecule has 138 valence electrons. The van der Waals surface area contributed by atoms with Crippen molar-refractivity contribution in [1.82, 2.24) is 15.5 Å². The number of carbonyl (C=O) groups is 3. The van der Waals surface area contributed by atoms with Gasteiger partial charge in [0.05, 0.1) is 0 Å². The molecule has 0 bridgehead atoms. The summed E-state index contributed by atoms with van der Waals surface area (Å²) in [6.07, 6.45) is 6.31. The first-order valence-corrected chi connectivity index (χ1v) is 8.74. The molecule has 0 aromatic heterocycles. The lowest BCUT2D eigenvalue weighted by Crippen LogP contribution is -2.51. The molecule has 1 unspecified atom stereocenters. The van der Waals surface area contributed by atoms with Crippen molar-refractivity contribution in [2.24, 2.45) is 0 Å². The number of hydrogen-bond acceptors (Lipinski definition) is 3. The Morgan fingerprint density at radius 1 is 1.23 bits per heavy atom. The fourth-order valence-electron chi connectivity index (χ4n) is 2.61. The maximum atomic E-state index is 12.5. The molecule has 1 aliphatic heterocycles. The van der Waals surface area contributed by atoms with Gasteiger partial charge in [0.15, 0.2) is 0 Å². The zero-order chi connectivity index (χ0) is 19.1. The van der Waals surface area contributed by atoms with Crippen molar-refractivity contribution in [2.45, 2.75) is 38.8 Å². The number of nitrogens with zero attached hydrogens (tertiary/aromatic N) is 1. The maximum Gasteiger partial charge on any atom is 0.252 e. The van der Waals surface area contributed by atoms with Crippen LogP contribution in [-0.4, -0.2) is 41.8 Å². The van der Waals surface area contributed by atoms with Crippen molar-refractivity contribution in [3.8, 4) is 0 Å². The summed E-state index contributed by atoms with van der Waals surface area (Å²) in [7, 11) is 1.66. The van der Waals surface area contributed by atoms with E-state index in [1.165, 1.54) is 4.90 Å². The molecular weight excluding hydrogens is 330 g/mol. The summed E-state index contributed by atoms with van der Waals surface area (Å²) in [6, 6.07) is 8.21. The topological polar surface area (TPSA) is 78.5 Å². The number of rotatable bonds is 6. The number of allylic oxidation sites excluding steroid dienone is 2. The molecule has 2 N–H and O–H groups in total. The first-order chi connectivity index (χ1) is 12.4. The van der Waals surface area contributed by atoms with E-state index in [9.17, 15) is 14.4 Å². The molecule has 0 saturated heterocycles. The van der Waals surface area contributed by atoms with Gasteiger partial charge in [-0.1, -0.05) is 49.4 Å². The van der Waals surface area contributed by atoms with Gasteiger partial charge in [0.1, 0.15) is 12.1 Å². The van der Waals surface area contributed by atoms with Crippen LogP contribution in [0.3, 0.4) is 0 Å². The molecule has 0 saturated carbocycles. The van der Waals surface area contributed by atoms with Gasteiger partial charge >= 0.3 is 0 Å². The summed E-state index contributed by atoms with van der Waals surface area (Å²) in [4.78, 5) is 38.0. The van der Waals surface area contributed by atoms with Crippen LogP contribution in [-0.2, 0) is 14.4 Å². The van der Waals surface area contributed by atoms with Gasteiger partial charge in [-0.3, -0.25) is 14.4 Å². The van der Waals surface area contributed by atoms with E-state index in [0.717, 1.165) is 11.1 Å². The Morgan fingerprint density at radius 3 is 2.58 bits per heavy atom. The van der Waals surface area contributed by atoms with Crippen LogP contribution in [0.2, 0.25) is 0 Å². The molecule has 1 aromatic carbocycles. The summed E-state index contributed by atoms with van der Waals surface area (Å²) < 4.78 is 0. The lowest BCUT2D eigenvalue weighted by molar-refractivity contribution is -0.133. The van der Waals surface area contributed by atoms with Crippen LogP contribution in [0.1, 0.15) is 32.3 Å². The van der Waals surface area contributed by atoms with Gasteiger partial charge in [0, 0.05) is 19.7 Å². The van der Waals surface area contributed by atoms with Crippen molar-refractivity contribution in [3.05, 3.63) is 54.2 Å². The highest BCUT2D eigenvalue weighted by molar-refractivity contribution is 5.95. The molecule has 0 radical (unpaired) electrons. The normalized spacial score (nSPS) is 18.0. The highest BCUT2D eigenvalue weighted by atomic mass is 16.2. The van der Waals surface area contributed by atoms with Crippen LogP contribution in [0.4, 0.5) is 0 Å². The standard InChI is InChI=1S/C20H25N3O3/c1-4-8-18(24)21-14(2)19(25)22-17-12-11-16(13-23(3)20(17)26)15-9-6-5-7-10-15/h5-7,9-14,17H,4,8H2,1-3H3,(H,21,24)(H,22,25)/t14?,17-/m0/s1. The van der Waals surface area contributed by atoms with Crippen molar-refractivity contribution >= 4 is 23.3 Å². The second-order valence-corrected chi connectivity index (χ2v) is 6.28. The van der Waals surface area contributed by atoms with E-state index in [-0.39, 0.29) is 11.8 Å². The second-order valence-electron chi connectivity index (χ2n) is 6.28. The average Bonchev–Trinajstić information content (AvgIpc) is 2.76. The lowest BCUT2D eigenvalue weighted by atomic mass is 10.1. The zero-order valence-electron chi connectivity index (χ0n) is 15.4. The van der Waals surface area contributed by atoms with E-state index < -0.39 is 18.0 Å². The first-order valence-electron chi connectivity index (χ1n) is 8.74. The summed E-state index contributed by atoms with van der Waals surface area (Å²) >= 11 is 0. The molecule has 0 fully saturated rings. The van der Waals surface area contributed by atoms with E-state index in [0.29, 0.717) is 12.8 Å². The third-order valence-corrected chi connectivity index (χ3v) is 4.07. The fraction of sp³-hybridized carbons (Fsp3) is 0.350. The van der Waals surface area contributed by atoms with Crippen molar-refractivity contribution in [2.75, 3.05) is 7.05 Å². The predicted octanol–water partition coefficient (Wildman–Crippen LogP) is 1.85. The third-order valence-electron chi connectivity index (χ3n) is 4.07. The summed E-state index contributed by atoms with van der Waals surface area (Å²) in [5.41, 5.74) is 1.86. The molecule has 3 amide bonds. The molecule has 2 atom stereocenters. The Labute approximate surface area is 153 Å². The molecule has 6 heteroatoms. The minimum atomic E-state index is -0.782.